The SMILES string of the molecule is C.[C-]#[N+]c1ccc(NC(=S)N(c2ccc(C(N)=O)c(F)c2)C(C)(C)COC=O)cc1C. The number of thiocarbonyl (C=S) groups is 1. The predicted molar refractivity (Wildman–Crippen MR) is 124 cm³/mol. The van der Waals surface area contributed by atoms with Crippen molar-refractivity contribution in [2.75, 3.05) is 16.8 Å². The number of nitrogens with one attached hydrogen (secondary N) is 1. The van der Waals surface area contributed by atoms with E-state index >= 15 is 0 Å². The monoisotopic (exact) mass is 444 g/mol. The average Bonchev–Trinajstić information content (AvgIpc) is 2.66. The highest BCUT2D eigenvalue weighted by atomic mass is 32.1. The molecule has 3 N–H and O–H groups in total. The topological polar surface area (TPSA) is 89.0 Å². The highest BCUT2D eigenvalue weighted by molar-refractivity contribution is 7.80. The van der Waals surface area contributed by atoms with E-state index in [0.29, 0.717) is 23.5 Å². The molecule has 0 spiro atoms. The molecule has 164 valence electrons. The quantitative estimate of drug-likeness (QED) is 0.369. The zero-order valence-electron chi connectivity index (χ0n) is 16.7. The number of primary amides is 1. The van der Waals surface area contributed by atoms with E-state index < -0.39 is 17.3 Å². The number of hydrogen-bond donors (Lipinski definition) is 2. The maximum absolute atomic E-state index is 14.4. The lowest BCUT2D eigenvalue weighted by atomic mass is 10.0. The number of nitrogens with two attached hydrogens (primary N) is 1. The second-order valence-corrected chi connectivity index (χ2v) is 7.51. The van der Waals surface area contributed by atoms with Crippen molar-refractivity contribution in [2.45, 2.75) is 33.7 Å². The van der Waals surface area contributed by atoms with E-state index in [1.54, 1.807) is 43.9 Å². The van der Waals surface area contributed by atoms with Gasteiger partial charge in [0.2, 0.25) is 0 Å². The fourth-order valence-electron chi connectivity index (χ4n) is 2.93. The molecule has 2 aromatic rings. The van der Waals surface area contributed by atoms with Crippen LogP contribution in [0.15, 0.2) is 36.4 Å². The molecule has 0 saturated carbocycles. The fraction of sp³-hybridized carbons (Fsp3) is 0.273. The Hall–Kier alpha value is -3.51. The lowest BCUT2D eigenvalue weighted by Gasteiger charge is -2.39. The second kappa shape index (κ2) is 10.5. The second-order valence-electron chi connectivity index (χ2n) is 7.13. The van der Waals surface area contributed by atoms with Crippen molar-refractivity contribution in [3.8, 4) is 0 Å². The van der Waals surface area contributed by atoms with Crippen LogP contribution in [0.4, 0.5) is 21.5 Å². The lowest BCUT2D eigenvalue weighted by molar-refractivity contribution is -0.130. The molecular weight excluding hydrogens is 419 g/mol. The summed E-state index contributed by atoms with van der Waals surface area (Å²) in [6.07, 6.45) is 0. The molecule has 0 aromatic heterocycles. The Bertz CT molecular complexity index is 1030. The van der Waals surface area contributed by atoms with Gasteiger partial charge in [0.05, 0.1) is 17.7 Å². The number of benzene rings is 2. The van der Waals surface area contributed by atoms with Gasteiger partial charge < -0.3 is 20.7 Å². The first-order valence-electron chi connectivity index (χ1n) is 8.84. The summed E-state index contributed by atoms with van der Waals surface area (Å²) in [5.41, 5.74) is 6.33. The Balaban J connectivity index is 0.00000480. The summed E-state index contributed by atoms with van der Waals surface area (Å²) in [5, 5.41) is 3.27. The number of ether oxygens (including phenoxy) is 1. The summed E-state index contributed by atoms with van der Waals surface area (Å²) in [6, 6.07) is 9.06. The summed E-state index contributed by atoms with van der Waals surface area (Å²) >= 11 is 5.57. The number of amides is 1. The van der Waals surface area contributed by atoms with Crippen LogP contribution in [0.2, 0.25) is 0 Å². The average molecular weight is 445 g/mol. The highest BCUT2D eigenvalue weighted by Crippen LogP contribution is 2.29. The van der Waals surface area contributed by atoms with Gasteiger partial charge in [-0.1, -0.05) is 13.5 Å². The first kappa shape index (κ1) is 25.5. The van der Waals surface area contributed by atoms with Crippen LogP contribution in [0.1, 0.15) is 37.2 Å². The van der Waals surface area contributed by atoms with Crippen molar-refractivity contribution in [3.05, 3.63) is 64.8 Å². The number of carbonyl (C=O) groups excluding carboxylic acids is 2. The first-order chi connectivity index (χ1) is 14.1. The highest BCUT2D eigenvalue weighted by Gasteiger charge is 2.32. The third-order valence-corrected chi connectivity index (χ3v) is 4.64. The van der Waals surface area contributed by atoms with Gasteiger partial charge in [0, 0.05) is 11.4 Å². The Labute approximate surface area is 186 Å². The zero-order chi connectivity index (χ0) is 22.5. The molecule has 1 amide bonds. The van der Waals surface area contributed by atoms with Gasteiger partial charge in [0.15, 0.2) is 10.8 Å². The van der Waals surface area contributed by atoms with Gasteiger partial charge in [-0.25, -0.2) is 9.24 Å². The molecular formula is C22H25FN4O3S. The normalized spacial score (nSPS) is 10.3. The number of aryl methyl sites for hydroxylation is 1. The number of rotatable bonds is 7. The van der Waals surface area contributed by atoms with Crippen LogP contribution in [0, 0.1) is 19.3 Å². The molecule has 0 aliphatic rings. The zero-order valence-corrected chi connectivity index (χ0v) is 17.5. The molecule has 0 radical (unpaired) electrons. The third kappa shape index (κ3) is 5.99. The van der Waals surface area contributed by atoms with Crippen molar-refractivity contribution < 1.29 is 18.7 Å². The van der Waals surface area contributed by atoms with Gasteiger partial charge in [0.25, 0.3) is 12.4 Å². The van der Waals surface area contributed by atoms with Gasteiger partial charge in [-0.2, -0.15) is 0 Å². The van der Waals surface area contributed by atoms with Crippen LogP contribution in [0.5, 0.6) is 0 Å². The van der Waals surface area contributed by atoms with Crippen molar-refractivity contribution in [1.82, 2.24) is 0 Å². The molecule has 2 aromatic carbocycles. The molecule has 0 unspecified atom stereocenters. The van der Waals surface area contributed by atoms with E-state index in [-0.39, 0.29) is 24.7 Å². The van der Waals surface area contributed by atoms with Crippen LogP contribution >= 0.6 is 12.2 Å². The Morgan fingerprint density at radius 1 is 1.35 bits per heavy atom. The van der Waals surface area contributed by atoms with E-state index in [4.69, 9.17) is 29.3 Å². The summed E-state index contributed by atoms with van der Waals surface area (Å²) < 4.78 is 19.4. The smallest absolute Gasteiger partial charge is 0.293 e. The largest absolute Gasteiger partial charge is 0.465 e. The van der Waals surface area contributed by atoms with Gasteiger partial charge in [-0.05, 0) is 68.9 Å². The van der Waals surface area contributed by atoms with Crippen molar-refractivity contribution in [2.24, 2.45) is 5.73 Å². The predicted octanol–water partition coefficient (Wildman–Crippen LogP) is 4.57. The molecule has 9 heteroatoms. The molecule has 0 heterocycles. The summed E-state index contributed by atoms with van der Waals surface area (Å²) in [4.78, 5) is 27.1. The lowest BCUT2D eigenvalue weighted by Crippen LogP contribution is -2.52. The van der Waals surface area contributed by atoms with E-state index in [1.807, 2.05) is 0 Å². The van der Waals surface area contributed by atoms with Gasteiger partial charge >= 0.3 is 0 Å². The van der Waals surface area contributed by atoms with E-state index in [1.165, 1.54) is 12.1 Å². The number of anilines is 2. The molecule has 0 atom stereocenters. The van der Waals surface area contributed by atoms with Crippen LogP contribution in [0.3, 0.4) is 0 Å². The molecule has 0 fully saturated rings. The van der Waals surface area contributed by atoms with Crippen molar-refractivity contribution >= 4 is 46.8 Å². The molecule has 0 aliphatic carbocycles. The molecule has 0 bridgehead atoms. The maximum Gasteiger partial charge on any atom is 0.293 e. The molecule has 0 aliphatic heterocycles. The third-order valence-electron chi connectivity index (χ3n) is 4.36. The summed E-state index contributed by atoms with van der Waals surface area (Å²) in [5.74, 6) is -1.68. The van der Waals surface area contributed by atoms with Crippen molar-refractivity contribution in [1.29, 1.82) is 0 Å². The number of carbonyl (C=O) groups is 2. The Kier molecular flexibility index (Phi) is 8.64. The van der Waals surface area contributed by atoms with Gasteiger partial charge in [0.1, 0.15) is 12.4 Å². The number of nitrogens with zero attached hydrogens (tertiary/aromatic N) is 2. The van der Waals surface area contributed by atoms with Crippen LogP contribution in [-0.2, 0) is 9.53 Å². The standard InChI is InChI=1S/C21H21FN4O3S.CH4/c1-13-9-14(5-8-18(13)24-4)25-20(30)26(21(2,3)11-29-12-27)15-6-7-16(19(23)28)17(22)10-15;/h5-10,12H,11H2,1-3H3,(H2,23,28)(H,25,30);1H4. The van der Waals surface area contributed by atoms with E-state index in [9.17, 15) is 14.0 Å². The number of hydrogen-bond acceptors (Lipinski definition) is 4. The maximum atomic E-state index is 14.4. The van der Waals surface area contributed by atoms with Gasteiger partial charge in [-0.15, -0.1) is 0 Å². The minimum absolute atomic E-state index is 0. The van der Waals surface area contributed by atoms with Crippen LogP contribution < -0.4 is 16.0 Å². The van der Waals surface area contributed by atoms with Crippen molar-refractivity contribution in [3.63, 3.8) is 0 Å². The van der Waals surface area contributed by atoms with Gasteiger partial charge in [-0.3, -0.25) is 9.59 Å². The number of halogens is 1. The van der Waals surface area contributed by atoms with Crippen LogP contribution in [0.25, 0.3) is 4.85 Å². The summed E-state index contributed by atoms with van der Waals surface area (Å²) in [6.45, 7) is 12.8. The molecule has 0 saturated heterocycles. The van der Waals surface area contributed by atoms with Crippen LogP contribution in [-0.4, -0.2) is 29.6 Å². The Morgan fingerprint density at radius 3 is 2.55 bits per heavy atom. The minimum Gasteiger partial charge on any atom is -0.465 e. The Morgan fingerprint density at radius 2 is 2.03 bits per heavy atom. The summed E-state index contributed by atoms with van der Waals surface area (Å²) in [7, 11) is 0. The minimum atomic E-state index is -0.884. The molecule has 7 nitrogen and oxygen atoms in total. The molecule has 2 rings (SSSR count). The first-order valence-corrected chi connectivity index (χ1v) is 9.25. The molecule has 31 heavy (non-hydrogen) atoms. The van der Waals surface area contributed by atoms with E-state index in [0.717, 1.165) is 11.6 Å². The fourth-order valence-corrected chi connectivity index (χ4v) is 3.40. The van der Waals surface area contributed by atoms with E-state index in [2.05, 4.69) is 10.2 Å².